The van der Waals surface area contributed by atoms with Gasteiger partial charge in [0, 0.05) is 25.9 Å². The van der Waals surface area contributed by atoms with Crippen molar-refractivity contribution in [1.82, 2.24) is 20.1 Å². The Labute approximate surface area is 82.5 Å². The van der Waals surface area contributed by atoms with Gasteiger partial charge in [-0.3, -0.25) is 14.8 Å². The van der Waals surface area contributed by atoms with Crippen LogP contribution in [0.1, 0.15) is 24.5 Å². The Bertz CT molecular complexity index is 323. The van der Waals surface area contributed by atoms with Crippen LogP contribution in [0.25, 0.3) is 0 Å². The first-order chi connectivity index (χ1) is 6.74. The van der Waals surface area contributed by atoms with Gasteiger partial charge in [0.1, 0.15) is 11.6 Å². The van der Waals surface area contributed by atoms with E-state index in [1.165, 1.54) is 0 Å². The molecule has 0 unspecified atom stereocenters. The average Bonchev–Trinajstić information content (AvgIpc) is 2.56. The summed E-state index contributed by atoms with van der Waals surface area (Å²) in [4.78, 5) is 17.4. The van der Waals surface area contributed by atoms with Crippen LogP contribution >= 0.6 is 0 Å². The molecule has 0 radical (unpaired) electrons. The first-order valence-electron chi connectivity index (χ1n) is 4.86. The van der Waals surface area contributed by atoms with Gasteiger partial charge >= 0.3 is 0 Å². The van der Waals surface area contributed by atoms with E-state index in [4.69, 9.17) is 0 Å². The molecule has 5 heteroatoms. The number of carbonyl (C=O) groups is 1. The lowest BCUT2D eigenvalue weighted by Gasteiger charge is -2.24. The van der Waals surface area contributed by atoms with E-state index in [1.807, 2.05) is 6.92 Å². The Balaban J connectivity index is 1.89. The summed E-state index contributed by atoms with van der Waals surface area (Å²) in [7, 11) is 0. The molecular formula is C9H14N4O. The van der Waals surface area contributed by atoms with Crippen LogP contribution in [0, 0.1) is 6.92 Å². The molecule has 1 aliphatic heterocycles. The second-order valence-corrected chi connectivity index (χ2v) is 3.65. The highest BCUT2D eigenvalue weighted by Gasteiger charge is 2.17. The number of aromatic amines is 1. The van der Waals surface area contributed by atoms with E-state index in [1.54, 1.807) is 0 Å². The number of aryl methyl sites for hydroxylation is 1. The molecule has 1 aromatic rings. The number of hydrogen-bond donors (Lipinski definition) is 1. The van der Waals surface area contributed by atoms with Crippen molar-refractivity contribution in [3.05, 3.63) is 11.6 Å². The second kappa shape index (κ2) is 3.88. The van der Waals surface area contributed by atoms with Crippen LogP contribution in [0.15, 0.2) is 0 Å². The van der Waals surface area contributed by atoms with E-state index in [2.05, 4.69) is 20.1 Å². The van der Waals surface area contributed by atoms with Crippen molar-refractivity contribution in [3.63, 3.8) is 0 Å². The van der Waals surface area contributed by atoms with E-state index < -0.39 is 0 Å². The molecule has 5 nitrogen and oxygen atoms in total. The number of rotatable bonds is 2. The number of ketones is 1. The fourth-order valence-corrected chi connectivity index (χ4v) is 1.62. The molecule has 0 aliphatic carbocycles. The molecule has 1 N–H and O–H groups in total. The first kappa shape index (κ1) is 9.33. The van der Waals surface area contributed by atoms with Gasteiger partial charge in [0.25, 0.3) is 0 Å². The van der Waals surface area contributed by atoms with E-state index in [9.17, 15) is 4.79 Å². The molecule has 2 rings (SSSR count). The maximum absolute atomic E-state index is 11.0. The molecule has 2 heterocycles. The van der Waals surface area contributed by atoms with Crippen molar-refractivity contribution >= 4 is 5.78 Å². The quantitative estimate of drug-likeness (QED) is 0.734. The summed E-state index contributed by atoms with van der Waals surface area (Å²) in [6.45, 7) is 4.31. The second-order valence-electron chi connectivity index (χ2n) is 3.65. The highest BCUT2D eigenvalue weighted by molar-refractivity contribution is 5.79. The Kier molecular flexibility index (Phi) is 2.58. The van der Waals surface area contributed by atoms with Gasteiger partial charge in [-0.1, -0.05) is 0 Å². The number of nitrogens with zero attached hydrogens (tertiary/aromatic N) is 3. The first-order valence-corrected chi connectivity index (χ1v) is 4.86. The standard InChI is InChI=1S/C9H14N4O/c1-7-10-9(12-11-7)6-13-4-2-8(14)3-5-13/h2-6H2,1H3,(H,10,11,12). The third-order valence-electron chi connectivity index (χ3n) is 2.42. The van der Waals surface area contributed by atoms with Crippen molar-refractivity contribution in [1.29, 1.82) is 0 Å². The smallest absolute Gasteiger partial charge is 0.164 e. The maximum atomic E-state index is 11.0. The fraction of sp³-hybridized carbons (Fsp3) is 0.667. The summed E-state index contributed by atoms with van der Waals surface area (Å²) >= 11 is 0. The summed E-state index contributed by atoms with van der Waals surface area (Å²) in [5.74, 6) is 2.03. The fourth-order valence-electron chi connectivity index (χ4n) is 1.62. The van der Waals surface area contributed by atoms with Crippen molar-refractivity contribution < 1.29 is 4.79 Å². The minimum absolute atomic E-state index is 0.368. The minimum Gasteiger partial charge on any atom is -0.300 e. The van der Waals surface area contributed by atoms with Crippen molar-refractivity contribution in [2.24, 2.45) is 0 Å². The Morgan fingerprint density at radius 3 is 2.71 bits per heavy atom. The monoisotopic (exact) mass is 194 g/mol. The molecule has 0 bridgehead atoms. The van der Waals surface area contributed by atoms with E-state index in [0.717, 1.165) is 31.3 Å². The van der Waals surface area contributed by atoms with E-state index >= 15 is 0 Å². The molecule has 14 heavy (non-hydrogen) atoms. The van der Waals surface area contributed by atoms with Crippen molar-refractivity contribution in [2.75, 3.05) is 13.1 Å². The van der Waals surface area contributed by atoms with Gasteiger partial charge in [-0.05, 0) is 6.92 Å². The van der Waals surface area contributed by atoms with Crippen LogP contribution in [-0.2, 0) is 11.3 Å². The molecule has 1 aliphatic rings. The number of hydrogen-bond acceptors (Lipinski definition) is 4. The number of H-pyrrole nitrogens is 1. The zero-order valence-electron chi connectivity index (χ0n) is 8.29. The average molecular weight is 194 g/mol. The highest BCUT2D eigenvalue weighted by atomic mass is 16.1. The van der Waals surface area contributed by atoms with Gasteiger partial charge < -0.3 is 0 Å². The number of Topliss-reactive ketones (excluding diaryl/α,β-unsaturated/α-hetero) is 1. The Morgan fingerprint density at radius 2 is 2.14 bits per heavy atom. The summed E-state index contributed by atoms with van der Waals surface area (Å²) in [6, 6.07) is 0. The molecule has 0 saturated carbocycles. The highest BCUT2D eigenvalue weighted by Crippen LogP contribution is 2.08. The number of aromatic nitrogens is 3. The molecule has 0 amide bonds. The van der Waals surface area contributed by atoms with E-state index in [-0.39, 0.29) is 0 Å². The van der Waals surface area contributed by atoms with E-state index in [0.29, 0.717) is 18.6 Å². The predicted octanol–water partition coefficient (Wildman–Crippen LogP) is 0.278. The minimum atomic E-state index is 0.368. The van der Waals surface area contributed by atoms with Crippen LogP contribution in [0.5, 0.6) is 0 Å². The molecule has 76 valence electrons. The predicted molar refractivity (Wildman–Crippen MR) is 50.6 cm³/mol. The number of likely N-dealkylation sites (tertiary alicyclic amines) is 1. The molecule has 0 aromatic carbocycles. The molecular weight excluding hydrogens is 180 g/mol. The largest absolute Gasteiger partial charge is 0.300 e. The number of nitrogens with one attached hydrogen (secondary N) is 1. The van der Waals surface area contributed by atoms with Crippen LogP contribution in [0.4, 0.5) is 0 Å². The molecule has 0 spiro atoms. The lowest BCUT2D eigenvalue weighted by Crippen LogP contribution is -2.33. The third kappa shape index (κ3) is 2.17. The molecule has 1 fully saturated rings. The van der Waals surface area contributed by atoms with Crippen molar-refractivity contribution in [2.45, 2.75) is 26.3 Å². The Hall–Kier alpha value is -1.23. The SMILES string of the molecule is Cc1nc(CN2CCC(=O)CC2)n[nH]1. The van der Waals surface area contributed by atoms with Crippen LogP contribution in [-0.4, -0.2) is 39.0 Å². The summed E-state index contributed by atoms with van der Waals surface area (Å²) in [5.41, 5.74) is 0. The van der Waals surface area contributed by atoms with Gasteiger partial charge in [-0.15, -0.1) is 0 Å². The normalized spacial score (nSPS) is 18.8. The van der Waals surface area contributed by atoms with Gasteiger partial charge in [0.15, 0.2) is 5.82 Å². The summed E-state index contributed by atoms with van der Waals surface area (Å²) < 4.78 is 0. The van der Waals surface area contributed by atoms with Gasteiger partial charge in [0.05, 0.1) is 6.54 Å². The lowest BCUT2D eigenvalue weighted by atomic mass is 10.1. The van der Waals surface area contributed by atoms with Crippen LogP contribution < -0.4 is 0 Å². The van der Waals surface area contributed by atoms with Crippen molar-refractivity contribution in [3.8, 4) is 0 Å². The zero-order valence-corrected chi connectivity index (χ0v) is 8.29. The van der Waals surface area contributed by atoms with Gasteiger partial charge in [-0.25, -0.2) is 4.98 Å². The maximum Gasteiger partial charge on any atom is 0.164 e. The van der Waals surface area contributed by atoms with Crippen LogP contribution in [0.2, 0.25) is 0 Å². The summed E-state index contributed by atoms with van der Waals surface area (Å²) in [6.07, 6.45) is 1.34. The van der Waals surface area contributed by atoms with Gasteiger partial charge in [0.2, 0.25) is 0 Å². The summed E-state index contributed by atoms with van der Waals surface area (Å²) in [5, 5.41) is 6.88. The molecule has 1 aromatic heterocycles. The number of piperidine rings is 1. The van der Waals surface area contributed by atoms with Crippen LogP contribution in [0.3, 0.4) is 0 Å². The number of carbonyl (C=O) groups excluding carboxylic acids is 1. The van der Waals surface area contributed by atoms with Gasteiger partial charge in [-0.2, -0.15) is 5.10 Å². The third-order valence-corrected chi connectivity index (χ3v) is 2.42. The molecule has 1 saturated heterocycles. The lowest BCUT2D eigenvalue weighted by molar-refractivity contribution is -0.121. The molecule has 0 atom stereocenters. The Morgan fingerprint density at radius 1 is 1.43 bits per heavy atom. The zero-order chi connectivity index (χ0) is 9.97. The topological polar surface area (TPSA) is 61.9 Å².